The fraction of sp³-hybridized carbons (Fsp3) is 0.750. The average molecular weight is 290 g/mol. The number of nitrogens with one attached hydrogen (secondary N) is 2. The molecule has 8 nitrogen and oxygen atoms in total. The van der Waals surface area contributed by atoms with Crippen LogP contribution >= 0.6 is 0 Å². The van der Waals surface area contributed by atoms with Crippen molar-refractivity contribution in [3.8, 4) is 0 Å². The molecule has 0 aromatic rings. The van der Waals surface area contributed by atoms with E-state index in [1.807, 2.05) is 13.8 Å². The van der Waals surface area contributed by atoms with Gasteiger partial charge < -0.3 is 24.8 Å². The lowest BCUT2D eigenvalue weighted by molar-refractivity contribution is -0.140. The third kappa shape index (κ3) is 9.01. The third-order valence-electron chi connectivity index (χ3n) is 2.36. The Balaban J connectivity index is 3.93. The molecule has 0 aliphatic heterocycles. The number of amides is 2. The van der Waals surface area contributed by atoms with Crippen LogP contribution in [0.25, 0.3) is 0 Å². The summed E-state index contributed by atoms with van der Waals surface area (Å²) in [7, 11) is 1.26. The molecule has 2 amide bonds. The molecule has 0 unspecified atom stereocenters. The number of carbonyl (C=O) groups excluding carboxylic acids is 3. The number of carbonyl (C=O) groups is 3. The van der Waals surface area contributed by atoms with Crippen molar-refractivity contribution in [3.63, 3.8) is 0 Å². The summed E-state index contributed by atoms with van der Waals surface area (Å²) in [4.78, 5) is 33.0. The van der Waals surface area contributed by atoms with E-state index >= 15 is 0 Å². The molecular formula is C12H22N2O6. The second-order valence-corrected chi connectivity index (χ2v) is 4.35. The normalized spacial score (nSPS) is 11.4. The van der Waals surface area contributed by atoms with E-state index in [2.05, 4.69) is 20.1 Å². The molecule has 0 saturated carbocycles. The molecule has 0 bridgehead atoms. The van der Waals surface area contributed by atoms with Crippen LogP contribution in [0.15, 0.2) is 0 Å². The Bertz CT molecular complexity index is 332. The molecule has 0 aromatic carbocycles. The van der Waals surface area contributed by atoms with E-state index in [0.717, 1.165) is 0 Å². The minimum absolute atomic E-state index is 0.0200. The van der Waals surface area contributed by atoms with Gasteiger partial charge in [-0.05, 0) is 5.92 Å². The predicted octanol–water partition coefficient (Wildman–Crippen LogP) is 0.656. The van der Waals surface area contributed by atoms with Gasteiger partial charge in [0.15, 0.2) is 0 Å². The first-order valence-corrected chi connectivity index (χ1v) is 6.25. The van der Waals surface area contributed by atoms with Crippen molar-refractivity contribution >= 4 is 18.2 Å². The first kappa shape index (κ1) is 18.0. The van der Waals surface area contributed by atoms with Gasteiger partial charge in [-0.3, -0.25) is 4.79 Å². The van der Waals surface area contributed by atoms with Gasteiger partial charge in [-0.25, -0.2) is 9.59 Å². The summed E-state index contributed by atoms with van der Waals surface area (Å²) in [6.07, 6.45) is -1.22. The van der Waals surface area contributed by atoms with Gasteiger partial charge in [0.2, 0.25) is 0 Å². The van der Waals surface area contributed by atoms with E-state index in [1.165, 1.54) is 14.0 Å². The second kappa shape index (κ2) is 9.88. The van der Waals surface area contributed by atoms with Crippen LogP contribution in [0.4, 0.5) is 9.59 Å². The van der Waals surface area contributed by atoms with Gasteiger partial charge in [-0.1, -0.05) is 13.8 Å². The Labute approximate surface area is 118 Å². The number of alkyl carbamates (subject to hydrolysis) is 2. The van der Waals surface area contributed by atoms with Gasteiger partial charge in [-0.15, -0.1) is 0 Å². The Morgan fingerprint density at radius 1 is 1.10 bits per heavy atom. The maximum absolute atomic E-state index is 11.4. The Kier molecular flexibility index (Phi) is 8.89. The largest absolute Gasteiger partial charge is 0.464 e. The van der Waals surface area contributed by atoms with Gasteiger partial charge in [0.25, 0.3) is 0 Å². The molecule has 0 fully saturated rings. The van der Waals surface area contributed by atoms with Crippen LogP contribution < -0.4 is 10.6 Å². The molecule has 0 saturated heterocycles. The summed E-state index contributed by atoms with van der Waals surface area (Å²) >= 11 is 0. The highest BCUT2D eigenvalue weighted by molar-refractivity contribution is 5.68. The molecule has 0 aliphatic rings. The van der Waals surface area contributed by atoms with Crippen molar-refractivity contribution in [1.82, 2.24) is 10.6 Å². The summed E-state index contributed by atoms with van der Waals surface area (Å²) in [6.45, 7) is 5.30. The van der Waals surface area contributed by atoms with E-state index in [9.17, 15) is 14.4 Å². The van der Waals surface area contributed by atoms with E-state index in [4.69, 9.17) is 4.74 Å². The predicted molar refractivity (Wildman–Crippen MR) is 70.2 cm³/mol. The molecular weight excluding hydrogens is 268 g/mol. The summed E-state index contributed by atoms with van der Waals surface area (Å²) < 4.78 is 14.1. The topological polar surface area (TPSA) is 103 Å². The minimum Gasteiger partial charge on any atom is -0.464 e. The first-order valence-electron chi connectivity index (χ1n) is 6.25. The number of hydrogen-bond acceptors (Lipinski definition) is 6. The zero-order valence-corrected chi connectivity index (χ0v) is 12.2. The smallest absolute Gasteiger partial charge is 0.407 e. The number of rotatable bonds is 7. The zero-order chi connectivity index (χ0) is 15.5. The van der Waals surface area contributed by atoms with E-state index in [-0.39, 0.29) is 31.7 Å². The third-order valence-corrected chi connectivity index (χ3v) is 2.36. The summed E-state index contributed by atoms with van der Waals surface area (Å²) in [6, 6.07) is -0.346. The van der Waals surface area contributed by atoms with Crippen LogP contribution in [0.3, 0.4) is 0 Å². The van der Waals surface area contributed by atoms with E-state index < -0.39 is 18.2 Å². The average Bonchev–Trinajstić information content (AvgIpc) is 2.38. The molecule has 0 radical (unpaired) electrons. The maximum atomic E-state index is 11.4. The molecule has 1 atom stereocenters. The van der Waals surface area contributed by atoms with Crippen LogP contribution in [0.5, 0.6) is 0 Å². The molecule has 2 N–H and O–H groups in total. The maximum Gasteiger partial charge on any atom is 0.407 e. The molecule has 0 heterocycles. The summed E-state index contributed by atoms with van der Waals surface area (Å²) in [5, 5.41) is 4.99. The van der Waals surface area contributed by atoms with Crippen LogP contribution in [-0.4, -0.2) is 51.1 Å². The molecule has 8 heteroatoms. The van der Waals surface area contributed by atoms with Crippen LogP contribution in [0.2, 0.25) is 0 Å². The Morgan fingerprint density at radius 2 is 1.75 bits per heavy atom. The van der Waals surface area contributed by atoms with Crippen LogP contribution in [0, 0.1) is 5.92 Å². The molecule has 0 aliphatic carbocycles. The number of hydrogen-bond donors (Lipinski definition) is 2. The zero-order valence-electron chi connectivity index (χ0n) is 12.2. The standard InChI is InChI=1S/C12H22N2O6/c1-8(2)10(14-12(17)18-4)7-20-11(16)13-5-6-19-9(3)15/h8,10H,5-7H2,1-4H3,(H,13,16)(H,14,17)/t10-/m1/s1. The fourth-order valence-electron chi connectivity index (χ4n) is 1.18. The van der Waals surface area contributed by atoms with Gasteiger partial charge >= 0.3 is 18.2 Å². The highest BCUT2D eigenvalue weighted by atomic mass is 16.6. The van der Waals surface area contributed by atoms with Crippen LogP contribution in [0.1, 0.15) is 20.8 Å². The number of ether oxygens (including phenoxy) is 3. The van der Waals surface area contributed by atoms with Gasteiger partial charge in [-0.2, -0.15) is 0 Å². The summed E-state index contributed by atoms with van der Waals surface area (Å²) in [5.41, 5.74) is 0. The number of methoxy groups -OCH3 is 1. The lowest BCUT2D eigenvalue weighted by Gasteiger charge is -2.21. The molecule has 20 heavy (non-hydrogen) atoms. The molecule has 0 spiro atoms. The van der Waals surface area contributed by atoms with E-state index in [1.54, 1.807) is 0 Å². The molecule has 0 rings (SSSR count). The SMILES string of the molecule is COC(=O)N[C@H](COC(=O)NCCOC(C)=O)C(C)C. The minimum atomic E-state index is -0.644. The van der Waals surface area contributed by atoms with Crippen molar-refractivity contribution in [2.75, 3.05) is 26.9 Å². The lowest BCUT2D eigenvalue weighted by Crippen LogP contribution is -2.43. The fourth-order valence-corrected chi connectivity index (χ4v) is 1.18. The Hall–Kier alpha value is -1.99. The number of esters is 1. The lowest BCUT2D eigenvalue weighted by atomic mass is 10.1. The summed E-state index contributed by atoms with van der Waals surface area (Å²) in [5.74, 6) is -0.342. The molecule has 0 aromatic heterocycles. The highest BCUT2D eigenvalue weighted by Crippen LogP contribution is 2.02. The van der Waals surface area contributed by atoms with Crippen LogP contribution in [-0.2, 0) is 19.0 Å². The monoisotopic (exact) mass is 290 g/mol. The van der Waals surface area contributed by atoms with Gasteiger partial charge in [0, 0.05) is 6.92 Å². The van der Waals surface area contributed by atoms with Crippen molar-refractivity contribution in [1.29, 1.82) is 0 Å². The van der Waals surface area contributed by atoms with Crippen molar-refractivity contribution < 1.29 is 28.6 Å². The quantitative estimate of drug-likeness (QED) is 0.405. The molecule has 116 valence electrons. The first-order chi connectivity index (χ1) is 9.36. The van der Waals surface area contributed by atoms with Crippen molar-refractivity contribution in [2.24, 2.45) is 5.92 Å². The van der Waals surface area contributed by atoms with Crippen molar-refractivity contribution in [3.05, 3.63) is 0 Å². The van der Waals surface area contributed by atoms with Gasteiger partial charge in [0.05, 0.1) is 19.7 Å². The second-order valence-electron chi connectivity index (χ2n) is 4.35. The Morgan fingerprint density at radius 3 is 2.25 bits per heavy atom. The van der Waals surface area contributed by atoms with Crippen molar-refractivity contribution in [2.45, 2.75) is 26.8 Å². The highest BCUT2D eigenvalue weighted by Gasteiger charge is 2.18. The van der Waals surface area contributed by atoms with Gasteiger partial charge in [0.1, 0.15) is 13.2 Å². The van der Waals surface area contributed by atoms with E-state index in [0.29, 0.717) is 0 Å².